The van der Waals surface area contributed by atoms with Gasteiger partial charge >= 0.3 is 6.09 Å². The number of hydrogen-bond donors (Lipinski definition) is 2. The minimum Gasteiger partial charge on any atom is -0.444 e. The molecule has 5 nitrogen and oxygen atoms in total. The first-order valence-electron chi connectivity index (χ1n) is 8.10. The fraction of sp³-hybridized carbons (Fsp3) is 0.611. The van der Waals surface area contributed by atoms with Crippen LogP contribution in [0.1, 0.15) is 39.3 Å². The van der Waals surface area contributed by atoms with Crippen LogP contribution in [0.15, 0.2) is 30.3 Å². The molecule has 1 amide bonds. The lowest BCUT2D eigenvalue weighted by atomic mass is 10.1. The molecule has 0 saturated heterocycles. The van der Waals surface area contributed by atoms with Crippen molar-refractivity contribution in [1.82, 2.24) is 15.5 Å². The lowest BCUT2D eigenvalue weighted by Gasteiger charge is -2.27. The van der Waals surface area contributed by atoms with E-state index in [9.17, 15) is 4.79 Å². The van der Waals surface area contributed by atoms with Gasteiger partial charge in [-0.1, -0.05) is 30.3 Å². The highest BCUT2D eigenvalue weighted by Gasteiger charge is 2.18. The fourth-order valence-corrected chi connectivity index (χ4v) is 2.26. The summed E-state index contributed by atoms with van der Waals surface area (Å²) in [6, 6.07) is 10.7. The zero-order chi connectivity index (χ0) is 17.5. The molecule has 1 aromatic carbocycles. The number of nitrogens with zero attached hydrogens (tertiary/aromatic N) is 1. The second-order valence-corrected chi connectivity index (χ2v) is 7.18. The number of nitrogens with one attached hydrogen (secondary N) is 2. The van der Waals surface area contributed by atoms with Gasteiger partial charge in [-0.05, 0) is 47.4 Å². The molecule has 0 saturated carbocycles. The molecule has 23 heavy (non-hydrogen) atoms. The van der Waals surface area contributed by atoms with E-state index in [0.717, 1.165) is 6.54 Å². The molecule has 2 atom stereocenters. The Balaban J connectivity index is 2.54. The van der Waals surface area contributed by atoms with Crippen molar-refractivity contribution in [1.29, 1.82) is 0 Å². The Morgan fingerprint density at radius 1 is 1.22 bits per heavy atom. The van der Waals surface area contributed by atoms with Crippen LogP contribution in [-0.2, 0) is 4.74 Å². The summed E-state index contributed by atoms with van der Waals surface area (Å²) in [5, 5.41) is 6.38. The zero-order valence-electron chi connectivity index (χ0n) is 15.2. The number of benzene rings is 1. The Labute approximate surface area is 140 Å². The van der Waals surface area contributed by atoms with Crippen LogP contribution in [-0.4, -0.2) is 49.8 Å². The average Bonchev–Trinajstić information content (AvgIpc) is 2.43. The maximum absolute atomic E-state index is 11.7. The van der Waals surface area contributed by atoms with E-state index < -0.39 is 5.60 Å². The van der Waals surface area contributed by atoms with Crippen LogP contribution in [0.25, 0.3) is 0 Å². The Morgan fingerprint density at radius 3 is 2.35 bits per heavy atom. The topological polar surface area (TPSA) is 53.6 Å². The molecule has 0 bridgehead atoms. The van der Waals surface area contributed by atoms with Crippen molar-refractivity contribution in [2.24, 2.45) is 0 Å². The number of likely N-dealkylation sites (N-methyl/N-ethyl adjacent to an activating group) is 1. The summed E-state index contributed by atoms with van der Waals surface area (Å²) in [5.74, 6) is 0. The third kappa shape index (κ3) is 8.57. The van der Waals surface area contributed by atoms with Crippen LogP contribution in [0.3, 0.4) is 0 Å². The molecule has 0 aromatic heterocycles. The fourth-order valence-electron chi connectivity index (χ4n) is 2.26. The molecule has 5 heteroatoms. The number of amides is 1. The predicted molar refractivity (Wildman–Crippen MR) is 94.6 cm³/mol. The van der Waals surface area contributed by atoms with Gasteiger partial charge in [-0.15, -0.1) is 0 Å². The highest BCUT2D eigenvalue weighted by atomic mass is 16.6. The van der Waals surface area contributed by atoms with Crippen molar-refractivity contribution >= 4 is 6.09 Å². The first kappa shape index (κ1) is 19.5. The van der Waals surface area contributed by atoms with Gasteiger partial charge in [-0.2, -0.15) is 0 Å². The maximum Gasteiger partial charge on any atom is 0.407 e. The van der Waals surface area contributed by atoms with E-state index in [1.54, 1.807) is 0 Å². The standard InChI is InChI=1S/C18H31N3O2/c1-14(12-19-17(22)23-18(2,3)4)20-16(13-21(5)6)15-10-8-7-9-11-15/h7-11,14,16,20H,12-13H2,1-6H3,(H,19,22). The first-order chi connectivity index (χ1) is 10.7. The molecular weight excluding hydrogens is 290 g/mol. The largest absolute Gasteiger partial charge is 0.444 e. The van der Waals surface area contributed by atoms with Gasteiger partial charge in [0, 0.05) is 25.2 Å². The van der Waals surface area contributed by atoms with E-state index in [4.69, 9.17) is 4.74 Å². The second kappa shape index (κ2) is 8.89. The molecule has 1 rings (SSSR count). The number of rotatable bonds is 7. The number of alkyl carbamates (subject to hydrolysis) is 1. The molecular formula is C18H31N3O2. The zero-order valence-corrected chi connectivity index (χ0v) is 15.2. The van der Waals surface area contributed by atoms with E-state index >= 15 is 0 Å². The summed E-state index contributed by atoms with van der Waals surface area (Å²) in [7, 11) is 4.11. The highest BCUT2D eigenvalue weighted by Crippen LogP contribution is 2.14. The van der Waals surface area contributed by atoms with Gasteiger partial charge in [0.2, 0.25) is 0 Å². The summed E-state index contributed by atoms with van der Waals surface area (Å²) in [5.41, 5.74) is 0.767. The average molecular weight is 321 g/mol. The van der Waals surface area contributed by atoms with Crippen molar-refractivity contribution < 1.29 is 9.53 Å². The molecule has 0 aliphatic heterocycles. The first-order valence-corrected chi connectivity index (χ1v) is 8.10. The van der Waals surface area contributed by atoms with Crippen molar-refractivity contribution in [3.8, 4) is 0 Å². The third-order valence-corrected chi connectivity index (χ3v) is 3.19. The van der Waals surface area contributed by atoms with E-state index in [1.165, 1.54) is 5.56 Å². The SMILES string of the molecule is CC(CNC(=O)OC(C)(C)C)NC(CN(C)C)c1ccccc1. The molecule has 0 aliphatic rings. The van der Waals surface area contributed by atoms with Crippen LogP contribution >= 0.6 is 0 Å². The summed E-state index contributed by atoms with van der Waals surface area (Å²) in [4.78, 5) is 13.9. The van der Waals surface area contributed by atoms with Gasteiger partial charge in [0.15, 0.2) is 0 Å². The van der Waals surface area contributed by atoms with Crippen LogP contribution in [0.4, 0.5) is 4.79 Å². The number of carbonyl (C=O) groups is 1. The van der Waals surface area contributed by atoms with Gasteiger partial charge in [0.25, 0.3) is 0 Å². The van der Waals surface area contributed by atoms with E-state index in [0.29, 0.717) is 6.54 Å². The van der Waals surface area contributed by atoms with E-state index in [1.807, 2.05) is 39.0 Å². The summed E-state index contributed by atoms with van der Waals surface area (Å²) in [6.45, 7) is 9.04. The Bertz CT molecular complexity index is 469. The number of ether oxygens (including phenoxy) is 1. The lowest BCUT2D eigenvalue weighted by molar-refractivity contribution is 0.0522. The Hall–Kier alpha value is -1.59. The molecule has 0 radical (unpaired) electrons. The summed E-state index contributed by atoms with van der Waals surface area (Å²) in [6.07, 6.45) is -0.380. The van der Waals surface area contributed by atoms with Crippen LogP contribution in [0, 0.1) is 0 Å². The predicted octanol–water partition coefficient (Wildman–Crippen LogP) is 2.79. The second-order valence-electron chi connectivity index (χ2n) is 7.18. The summed E-state index contributed by atoms with van der Waals surface area (Å²) >= 11 is 0. The van der Waals surface area contributed by atoms with Gasteiger partial charge < -0.3 is 20.3 Å². The monoisotopic (exact) mass is 321 g/mol. The van der Waals surface area contributed by atoms with Gasteiger partial charge in [0.05, 0.1) is 0 Å². The van der Waals surface area contributed by atoms with Gasteiger partial charge in [-0.25, -0.2) is 4.79 Å². The normalized spacial score (nSPS) is 14.4. The number of hydrogen-bond acceptors (Lipinski definition) is 4. The summed E-state index contributed by atoms with van der Waals surface area (Å²) < 4.78 is 5.26. The van der Waals surface area contributed by atoms with E-state index in [2.05, 4.69) is 48.7 Å². The van der Waals surface area contributed by atoms with Crippen LogP contribution in [0.2, 0.25) is 0 Å². The molecule has 0 fully saturated rings. The molecule has 130 valence electrons. The van der Waals surface area contributed by atoms with Crippen molar-refractivity contribution in [2.75, 3.05) is 27.2 Å². The maximum atomic E-state index is 11.7. The molecule has 2 N–H and O–H groups in total. The third-order valence-electron chi connectivity index (χ3n) is 3.19. The molecule has 2 unspecified atom stereocenters. The smallest absolute Gasteiger partial charge is 0.407 e. The molecule has 0 aliphatic carbocycles. The molecule has 1 aromatic rings. The van der Waals surface area contributed by atoms with Crippen LogP contribution in [0.5, 0.6) is 0 Å². The lowest BCUT2D eigenvalue weighted by Crippen LogP contribution is -2.44. The molecule has 0 heterocycles. The van der Waals surface area contributed by atoms with Crippen molar-refractivity contribution in [3.63, 3.8) is 0 Å². The quantitative estimate of drug-likeness (QED) is 0.811. The van der Waals surface area contributed by atoms with Crippen molar-refractivity contribution in [3.05, 3.63) is 35.9 Å². The Kier molecular flexibility index (Phi) is 7.52. The van der Waals surface area contributed by atoms with E-state index in [-0.39, 0.29) is 18.2 Å². The number of carbonyl (C=O) groups excluding carboxylic acids is 1. The highest BCUT2D eigenvalue weighted by molar-refractivity contribution is 5.67. The molecule has 0 spiro atoms. The minimum atomic E-state index is -0.474. The van der Waals surface area contributed by atoms with Crippen LogP contribution < -0.4 is 10.6 Å². The van der Waals surface area contributed by atoms with Crippen molar-refractivity contribution in [2.45, 2.75) is 45.4 Å². The van der Waals surface area contributed by atoms with Gasteiger partial charge in [0.1, 0.15) is 5.60 Å². The van der Waals surface area contributed by atoms with Gasteiger partial charge in [-0.3, -0.25) is 0 Å². The Morgan fingerprint density at radius 2 is 1.83 bits per heavy atom. The minimum absolute atomic E-state index is 0.132.